The smallest absolute Gasteiger partial charge is 0.329 e. The molecule has 1 unspecified atom stereocenters. The molecule has 1 heterocycles. The Morgan fingerprint density at radius 3 is 2.42 bits per heavy atom. The largest absolute Gasteiger partial charge is 0.480 e. The molecule has 0 saturated heterocycles. The van der Waals surface area contributed by atoms with Crippen LogP contribution in [0.25, 0.3) is 0 Å². The van der Waals surface area contributed by atoms with Crippen LogP contribution in [0.15, 0.2) is 10.4 Å². The van der Waals surface area contributed by atoms with Gasteiger partial charge in [0.25, 0.3) is 0 Å². The van der Waals surface area contributed by atoms with Gasteiger partial charge in [-0.2, -0.15) is 0 Å². The van der Waals surface area contributed by atoms with E-state index < -0.39 is 22.9 Å². The van der Waals surface area contributed by atoms with E-state index in [0.717, 1.165) is 11.8 Å². The lowest BCUT2D eigenvalue weighted by Crippen LogP contribution is -2.57. The van der Waals surface area contributed by atoms with Crippen molar-refractivity contribution in [3.8, 4) is 0 Å². The van der Waals surface area contributed by atoms with Gasteiger partial charge in [0.2, 0.25) is 0 Å². The molecule has 0 saturated carbocycles. The molecule has 106 valence electrons. The van der Waals surface area contributed by atoms with E-state index in [-0.39, 0.29) is 18.6 Å². The Labute approximate surface area is 119 Å². The van der Waals surface area contributed by atoms with Crippen LogP contribution in [0.3, 0.4) is 0 Å². The highest BCUT2D eigenvalue weighted by atomic mass is 35.5. The number of hydrogen-bond acceptors (Lipinski definition) is 4. The van der Waals surface area contributed by atoms with Gasteiger partial charge in [-0.1, -0.05) is 37.2 Å². The van der Waals surface area contributed by atoms with Gasteiger partial charge in [0.15, 0.2) is 5.78 Å². The molecule has 1 aliphatic heterocycles. The maximum Gasteiger partial charge on any atom is 0.329 e. The highest BCUT2D eigenvalue weighted by molar-refractivity contribution is 8.06. The van der Waals surface area contributed by atoms with Crippen LogP contribution < -0.4 is 10.6 Å². The predicted octanol–water partition coefficient (Wildman–Crippen LogP) is 1.65. The summed E-state index contributed by atoms with van der Waals surface area (Å²) in [6, 6.07) is -0.697. The molecule has 8 heteroatoms. The Bertz CT molecular complexity index is 434. The normalized spacial score (nSPS) is 19.0. The number of rotatable bonds is 5. The topological polar surface area (TPSA) is 95.5 Å². The summed E-state index contributed by atoms with van der Waals surface area (Å²) < 4.78 is 0.297. The first-order valence-corrected chi connectivity index (χ1v) is 7.00. The predicted molar refractivity (Wildman–Crippen MR) is 72.9 cm³/mol. The van der Waals surface area contributed by atoms with Gasteiger partial charge in [-0.3, -0.25) is 4.79 Å². The molecule has 1 aliphatic rings. The van der Waals surface area contributed by atoms with Crippen molar-refractivity contribution < 1.29 is 19.5 Å². The zero-order valence-electron chi connectivity index (χ0n) is 10.5. The second-order valence-corrected chi connectivity index (χ2v) is 5.82. The molecule has 2 amide bonds. The van der Waals surface area contributed by atoms with Crippen molar-refractivity contribution >= 4 is 41.1 Å². The summed E-state index contributed by atoms with van der Waals surface area (Å²) in [7, 11) is 0. The van der Waals surface area contributed by atoms with Gasteiger partial charge in [-0.05, 0) is 12.8 Å². The maximum atomic E-state index is 11.8. The van der Waals surface area contributed by atoms with Crippen LogP contribution in [0, 0.1) is 0 Å². The Kier molecular flexibility index (Phi) is 5.25. The van der Waals surface area contributed by atoms with Crippen LogP contribution >= 0.6 is 23.4 Å². The Hall–Kier alpha value is -1.21. The minimum atomic E-state index is -1.33. The first kappa shape index (κ1) is 15.8. The molecule has 0 aliphatic carbocycles. The summed E-state index contributed by atoms with van der Waals surface area (Å²) in [4.78, 5) is 34.4. The zero-order chi connectivity index (χ0) is 14.6. The number of nitrogens with one attached hydrogen (secondary N) is 2. The van der Waals surface area contributed by atoms with Gasteiger partial charge in [0.1, 0.15) is 10.9 Å². The van der Waals surface area contributed by atoms with Crippen molar-refractivity contribution in [3.05, 3.63) is 10.4 Å². The summed E-state index contributed by atoms with van der Waals surface area (Å²) in [5.74, 6) is -1.42. The molecule has 1 atom stereocenters. The molecule has 0 radical (unpaired) electrons. The number of urea groups is 1. The molecule has 0 aromatic rings. The lowest BCUT2D eigenvalue weighted by molar-refractivity contribution is -0.144. The maximum absolute atomic E-state index is 11.8. The quantitative estimate of drug-likeness (QED) is 0.718. The number of carboxylic acids is 1. The molecule has 3 N–H and O–H groups in total. The van der Waals surface area contributed by atoms with Gasteiger partial charge < -0.3 is 15.7 Å². The summed E-state index contributed by atoms with van der Waals surface area (Å²) in [5, 5.41) is 13.2. The molecule has 1 rings (SSSR count). The van der Waals surface area contributed by atoms with Crippen molar-refractivity contribution in [3.63, 3.8) is 0 Å². The number of carbonyl (C=O) groups is 3. The van der Waals surface area contributed by atoms with Gasteiger partial charge >= 0.3 is 12.0 Å². The third-order valence-electron chi connectivity index (χ3n) is 2.98. The fourth-order valence-corrected chi connectivity index (χ4v) is 2.78. The minimum Gasteiger partial charge on any atom is -0.480 e. The van der Waals surface area contributed by atoms with E-state index in [9.17, 15) is 19.5 Å². The number of hydrogen-bond donors (Lipinski definition) is 3. The standard InChI is InChI=1S/C11H15ClN2O4S/c1-3-11(4-2,9(16)17)14-10(18)13-8-6(15)5-7(12)19-8/h5,8H,3-4H2,1-2H3,(H,16,17)(H2,13,14,18). The Morgan fingerprint density at radius 1 is 1.47 bits per heavy atom. The van der Waals surface area contributed by atoms with Crippen LogP contribution in [0.1, 0.15) is 26.7 Å². The SMILES string of the molecule is CCC(CC)(NC(=O)NC1SC(Cl)=CC1=O)C(=O)O. The molecule has 0 fully saturated rings. The summed E-state index contributed by atoms with van der Waals surface area (Å²) in [5.41, 5.74) is -1.33. The number of halogens is 1. The summed E-state index contributed by atoms with van der Waals surface area (Å²) in [6.07, 6.45) is 1.72. The van der Waals surface area contributed by atoms with Gasteiger partial charge in [0, 0.05) is 6.08 Å². The van der Waals surface area contributed by atoms with Crippen LogP contribution in [0.4, 0.5) is 4.79 Å². The van der Waals surface area contributed by atoms with E-state index in [1.54, 1.807) is 13.8 Å². The highest BCUT2D eigenvalue weighted by Gasteiger charge is 2.37. The lowest BCUT2D eigenvalue weighted by Gasteiger charge is -2.28. The number of amides is 2. The average Bonchev–Trinajstić information content (AvgIpc) is 2.64. The van der Waals surface area contributed by atoms with E-state index in [4.69, 9.17) is 11.6 Å². The number of aliphatic carboxylic acids is 1. The zero-order valence-corrected chi connectivity index (χ0v) is 12.1. The first-order valence-electron chi connectivity index (χ1n) is 5.74. The third kappa shape index (κ3) is 3.63. The van der Waals surface area contributed by atoms with E-state index in [2.05, 4.69) is 10.6 Å². The van der Waals surface area contributed by atoms with Crippen molar-refractivity contribution in [1.29, 1.82) is 0 Å². The van der Waals surface area contributed by atoms with E-state index in [1.165, 1.54) is 6.08 Å². The van der Waals surface area contributed by atoms with E-state index in [0.29, 0.717) is 4.36 Å². The van der Waals surface area contributed by atoms with Crippen molar-refractivity contribution in [2.75, 3.05) is 0 Å². The molecular weight excluding hydrogens is 292 g/mol. The van der Waals surface area contributed by atoms with Gasteiger partial charge in [-0.15, -0.1) is 0 Å². The molecule has 0 aromatic carbocycles. The van der Waals surface area contributed by atoms with Crippen LogP contribution in [0.2, 0.25) is 0 Å². The first-order chi connectivity index (χ1) is 8.84. The molecule has 0 spiro atoms. The number of thioether (sulfide) groups is 1. The number of carbonyl (C=O) groups excluding carboxylic acids is 2. The Balaban J connectivity index is 2.65. The lowest BCUT2D eigenvalue weighted by atomic mass is 9.93. The average molecular weight is 307 g/mol. The van der Waals surface area contributed by atoms with Crippen molar-refractivity contribution in [2.24, 2.45) is 0 Å². The van der Waals surface area contributed by atoms with Crippen LogP contribution in [0.5, 0.6) is 0 Å². The highest BCUT2D eigenvalue weighted by Crippen LogP contribution is 2.31. The van der Waals surface area contributed by atoms with E-state index in [1.807, 2.05) is 0 Å². The fourth-order valence-electron chi connectivity index (χ4n) is 1.65. The molecule has 19 heavy (non-hydrogen) atoms. The van der Waals surface area contributed by atoms with Crippen molar-refractivity contribution in [1.82, 2.24) is 10.6 Å². The van der Waals surface area contributed by atoms with Crippen molar-refractivity contribution in [2.45, 2.75) is 37.6 Å². The number of carboxylic acid groups (broad SMARTS) is 1. The number of ketones is 1. The Morgan fingerprint density at radius 2 is 2.05 bits per heavy atom. The van der Waals surface area contributed by atoms with Gasteiger partial charge in [0.05, 0.1) is 4.36 Å². The molecule has 0 bridgehead atoms. The third-order valence-corrected chi connectivity index (χ3v) is 4.28. The second kappa shape index (κ2) is 6.29. The summed E-state index contributed by atoms with van der Waals surface area (Å²) >= 11 is 6.67. The minimum absolute atomic E-state index is 0.247. The monoisotopic (exact) mass is 306 g/mol. The molecular formula is C11H15ClN2O4S. The van der Waals surface area contributed by atoms with Gasteiger partial charge in [-0.25, -0.2) is 9.59 Å². The summed E-state index contributed by atoms with van der Waals surface area (Å²) in [6.45, 7) is 3.34. The molecule has 0 aromatic heterocycles. The second-order valence-electron chi connectivity index (χ2n) is 4.04. The van der Waals surface area contributed by atoms with Crippen LogP contribution in [-0.2, 0) is 9.59 Å². The van der Waals surface area contributed by atoms with E-state index >= 15 is 0 Å². The van der Waals surface area contributed by atoms with Crippen LogP contribution in [-0.4, -0.2) is 33.8 Å². The molecule has 6 nitrogen and oxygen atoms in total. The fraction of sp³-hybridized carbons (Fsp3) is 0.545.